The van der Waals surface area contributed by atoms with Crippen LogP contribution in [0.4, 0.5) is 0 Å². The number of hydrogen-bond acceptors (Lipinski definition) is 4. The average Bonchev–Trinajstić information content (AvgIpc) is 3.05. The Morgan fingerprint density at radius 1 is 1.23 bits per heavy atom. The quantitative estimate of drug-likeness (QED) is 0.499. The van der Waals surface area contributed by atoms with Crippen LogP contribution in [0.3, 0.4) is 0 Å². The van der Waals surface area contributed by atoms with Gasteiger partial charge in [-0.1, -0.05) is 48.8 Å². The normalized spacial score (nSPS) is 12.9. The molecule has 142 valence electrons. The largest absolute Gasteiger partial charge is 0.387 e. The summed E-state index contributed by atoms with van der Waals surface area (Å²) in [6.07, 6.45) is 1.03. The number of benzene rings is 1. The highest BCUT2D eigenvalue weighted by Gasteiger charge is 2.13. The van der Waals surface area contributed by atoms with Crippen molar-refractivity contribution in [2.45, 2.75) is 53.2 Å². The molecular formula is C20H30N4O2. The Bertz CT molecular complexity index is 703. The number of nitrogens with zero attached hydrogens (tertiary/aromatic N) is 2. The molecule has 0 spiro atoms. The van der Waals surface area contributed by atoms with Crippen LogP contribution in [-0.4, -0.2) is 29.3 Å². The van der Waals surface area contributed by atoms with Crippen molar-refractivity contribution in [1.29, 1.82) is 0 Å². The van der Waals surface area contributed by atoms with E-state index in [-0.39, 0.29) is 0 Å². The van der Waals surface area contributed by atoms with Crippen LogP contribution in [0.1, 0.15) is 55.0 Å². The van der Waals surface area contributed by atoms with E-state index < -0.39 is 6.10 Å². The van der Waals surface area contributed by atoms with Crippen LogP contribution >= 0.6 is 0 Å². The fourth-order valence-electron chi connectivity index (χ4n) is 2.81. The summed E-state index contributed by atoms with van der Waals surface area (Å²) in [6, 6.07) is 7.90. The molecule has 0 saturated carbocycles. The minimum absolute atomic E-state index is 0.389. The first-order valence-corrected chi connectivity index (χ1v) is 9.32. The van der Waals surface area contributed by atoms with Crippen molar-refractivity contribution in [3.8, 4) is 0 Å². The molecule has 0 radical (unpaired) electrons. The van der Waals surface area contributed by atoms with Gasteiger partial charge in [0, 0.05) is 25.1 Å². The number of nitrogens with one attached hydrogen (secondary N) is 2. The molecule has 6 nitrogen and oxygen atoms in total. The summed E-state index contributed by atoms with van der Waals surface area (Å²) in [7, 11) is 0. The lowest BCUT2D eigenvalue weighted by Gasteiger charge is -2.16. The molecule has 0 aliphatic heterocycles. The first-order valence-electron chi connectivity index (χ1n) is 9.32. The van der Waals surface area contributed by atoms with Crippen LogP contribution in [-0.2, 0) is 19.4 Å². The zero-order valence-electron chi connectivity index (χ0n) is 16.2. The van der Waals surface area contributed by atoms with Crippen molar-refractivity contribution in [2.24, 2.45) is 4.99 Å². The fraction of sp³-hybridized carbons (Fsp3) is 0.500. The van der Waals surface area contributed by atoms with Crippen LogP contribution in [0.25, 0.3) is 0 Å². The maximum Gasteiger partial charge on any atom is 0.191 e. The molecule has 0 fully saturated rings. The Morgan fingerprint density at radius 3 is 2.69 bits per heavy atom. The molecule has 0 saturated heterocycles. The third-order valence-corrected chi connectivity index (χ3v) is 4.24. The van der Waals surface area contributed by atoms with E-state index in [2.05, 4.69) is 34.6 Å². The smallest absolute Gasteiger partial charge is 0.191 e. The monoisotopic (exact) mass is 358 g/mol. The number of aliphatic imine (C=N–C) groups is 1. The van der Waals surface area contributed by atoms with Crippen LogP contribution in [0, 0.1) is 6.92 Å². The number of aliphatic hydroxyl groups is 1. The van der Waals surface area contributed by atoms with Gasteiger partial charge >= 0.3 is 0 Å². The van der Waals surface area contributed by atoms with Gasteiger partial charge in [-0.15, -0.1) is 0 Å². The van der Waals surface area contributed by atoms with Gasteiger partial charge in [0.25, 0.3) is 0 Å². The van der Waals surface area contributed by atoms with Crippen LogP contribution < -0.4 is 10.6 Å². The Labute approximate surface area is 155 Å². The molecule has 1 unspecified atom stereocenters. The van der Waals surface area contributed by atoms with E-state index in [9.17, 15) is 5.11 Å². The van der Waals surface area contributed by atoms with Gasteiger partial charge in [0.2, 0.25) is 0 Å². The summed E-state index contributed by atoms with van der Waals surface area (Å²) in [4.78, 5) is 4.64. The molecule has 2 rings (SSSR count). The maximum atomic E-state index is 10.4. The first kappa shape index (κ1) is 20.0. The number of rotatable bonds is 8. The van der Waals surface area contributed by atoms with Gasteiger partial charge in [0.15, 0.2) is 5.96 Å². The minimum Gasteiger partial charge on any atom is -0.387 e. The third-order valence-electron chi connectivity index (χ3n) is 4.24. The molecule has 6 heteroatoms. The molecule has 2 aromatic rings. The summed E-state index contributed by atoms with van der Waals surface area (Å²) in [5.41, 5.74) is 4.05. The zero-order valence-corrected chi connectivity index (χ0v) is 16.2. The predicted molar refractivity (Wildman–Crippen MR) is 104 cm³/mol. The van der Waals surface area contributed by atoms with Crippen molar-refractivity contribution < 1.29 is 9.63 Å². The summed E-state index contributed by atoms with van der Waals surface area (Å²) in [6.45, 7) is 9.79. The van der Waals surface area contributed by atoms with Crippen molar-refractivity contribution in [2.75, 3.05) is 13.1 Å². The standard InChI is InChI=1S/C20H30N4O2/c1-5-17-16(19(6-2)26-24-17)12-22-20(21-7-3)23-13-18(25)15-10-8-9-14(4)11-15/h8-11,18,25H,5-7,12-13H2,1-4H3,(H2,21,22,23). The van der Waals surface area contributed by atoms with Crippen molar-refractivity contribution >= 4 is 5.96 Å². The van der Waals surface area contributed by atoms with Gasteiger partial charge in [0.05, 0.1) is 18.3 Å². The molecule has 1 aromatic carbocycles. The highest BCUT2D eigenvalue weighted by molar-refractivity contribution is 5.79. The molecule has 0 aliphatic carbocycles. The van der Waals surface area contributed by atoms with Crippen molar-refractivity contribution in [3.63, 3.8) is 0 Å². The van der Waals surface area contributed by atoms with E-state index in [1.807, 2.05) is 38.1 Å². The highest BCUT2D eigenvalue weighted by Crippen LogP contribution is 2.17. The second-order valence-electron chi connectivity index (χ2n) is 6.24. The molecule has 1 atom stereocenters. The molecule has 0 bridgehead atoms. The second kappa shape index (κ2) is 9.97. The van der Waals surface area contributed by atoms with Crippen molar-refractivity contribution in [3.05, 3.63) is 52.4 Å². The van der Waals surface area contributed by atoms with Gasteiger partial charge in [-0.3, -0.25) is 0 Å². The molecular weight excluding hydrogens is 328 g/mol. The number of hydrogen-bond donors (Lipinski definition) is 3. The maximum absolute atomic E-state index is 10.4. The van der Waals surface area contributed by atoms with Gasteiger partial charge < -0.3 is 20.3 Å². The van der Waals surface area contributed by atoms with Gasteiger partial charge in [-0.2, -0.15) is 0 Å². The minimum atomic E-state index is -0.591. The average molecular weight is 358 g/mol. The summed E-state index contributed by atoms with van der Waals surface area (Å²) in [5.74, 6) is 1.56. The number of aromatic nitrogens is 1. The molecule has 26 heavy (non-hydrogen) atoms. The summed E-state index contributed by atoms with van der Waals surface area (Å²) in [5, 5.41) is 21.0. The Morgan fingerprint density at radius 2 is 2.04 bits per heavy atom. The first-order chi connectivity index (χ1) is 12.6. The molecule has 1 heterocycles. The lowest BCUT2D eigenvalue weighted by Crippen LogP contribution is -2.39. The Kier molecular flexibility index (Phi) is 7.66. The fourth-order valence-corrected chi connectivity index (χ4v) is 2.81. The lowest BCUT2D eigenvalue weighted by molar-refractivity contribution is 0.181. The van der Waals surface area contributed by atoms with Crippen LogP contribution in [0.5, 0.6) is 0 Å². The number of aliphatic hydroxyl groups excluding tert-OH is 1. The zero-order chi connectivity index (χ0) is 18.9. The molecule has 1 aromatic heterocycles. The summed E-state index contributed by atoms with van der Waals surface area (Å²) >= 11 is 0. The van der Waals surface area contributed by atoms with Crippen LogP contribution in [0.15, 0.2) is 33.8 Å². The van der Waals surface area contributed by atoms with E-state index >= 15 is 0 Å². The van der Waals surface area contributed by atoms with Gasteiger partial charge in [-0.25, -0.2) is 4.99 Å². The van der Waals surface area contributed by atoms with E-state index in [0.717, 1.165) is 47.5 Å². The third kappa shape index (κ3) is 5.33. The topological polar surface area (TPSA) is 82.7 Å². The Hall–Kier alpha value is -2.34. The lowest BCUT2D eigenvalue weighted by atomic mass is 10.1. The SMILES string of the molecule is CCNC(=NCc1c(CC)noc1CC)NCC(O)c1cccc(C)c1. The van der Waals surface area contributed by atoms with E-state index in [0.29, 0.717) is 19.0 Å². The van der Waals surface area contributed by atoms with E-state index in [1.165, 1.54) is 0 Å². The highest BCUT2D eigenvalue weighted by atomic mass is 16.5. The molecule has 0 amide bonds. The Balaban J connectivity index is 2.04. The van der Waals surface area contributed by atoms with E-state index in [4.69, 9.17) is 4.52 Å². The van der Waals surface area contributed by atoms with Crippen LogP contribution in [0.2, 0.25) is 0 Å². The van der Waals surface area contributed by atoms with Gasteiger partial charge in [-0.05, 0) is 25.8 Å². The molecule has 3 N–H and O–H groups in total. The molecule has 0 aliphatic rings. The number of guanidine groups is 1. The second-order valence-corrected chi connectivity index (χ2v) is 6.24. The predicted octanol–water partition coefficient (Wildman–Crippen LogP) is 2.90. The van der Waals surface area contributed by atoms with Gasteiger partial charge in [0.1, 0.15) is 5.76 Å². The van der Waals surface area contributed by atoms with E-state index in [1.54, 1.807) is 0 Å². The van der Waals surface area contributed by atoms with Crippen molar-refractivity contribution in [1.82, 2.24) is 15.8 Å². The summed E-state index contributed by atoms with van der Waals surface area (Å²) < 4.78 is 5.40. The number of aryl methyl sites for hydroxylation is 3.